The molecule has 0 atom stereocenters. The average molecular weight is 347 g/mol. The predicted molar refractivity (Wildman–Crippen MR) is 94.4 cm³/mol. The summed E-state index contributed by atoms with van der Waals surface area (Å²) in [4.78, 5) is 16.2. The first-order chi connectivity index (χ1) is 12.2. The van der Waals surface area contributed by atoms with Gasteiger partial charge in [-0.2, -0.15) is 0 Å². The SMILES string of the molecule is CCNC(=NCCNC(=O)c1ccco1)NCCn1cnnc1CC. The van der Waals surface area contributed by atoms with E-state index in [0.717, 1.165) is 25.3 Å². The summed E-state index contributed by atoms with van der Waals surface area (Å²) in [5.41, 5.74) is 0. The largest absolute Gasteiger partial charge is 0.459 e. The molecule has 9 heteroatoms. The topological polar surface area (TPSA) is 109 Å². The van der Waals surface area contributed by atoms with Crippen LogP contribution in [0.2, 0.25) is 0 Å². The van der Waals surface area contributed by atoms with Crippen molar-refractivity contribution in [1.82, 2.24) is 30.7 Å². The van der Waals surface area contributed by atoms with Crippen molar-refractivity contribution < 1.29 is 9.21 Å². The smallest absolute Gasteiger partial charge is 0.287 e. The van der Waals surface area contributed by atoms with Gasteiger partial charge in [-0.25, -0.2) is 0 Å². The maximum absolute atomic E-state index is 11.7. The van der Waals surface area contributed by atoms with Gasteiger partial charge >= 0.3 is 0 Å². The van der Waals surface area contributed by atoms with Crippen LogP contribution in [0.5, 0.6) is 0 Å². The molecular weight excluding hydrogens is 322 g/mol. The fourth-order valence-electron chi connectivity index (χ4n) is 2.21. The zero-order chi connectivity index (χ0) is 17.9. The summed E-state index contributed by atoms with van der Waals surface area (Å²) in [6.07, 6.45) is 4.05. The molecule has 2 heterocycles. The summed E-state index contributed by atoms with van der Waals surface area (Å²) >= 11 is 0. The summed E-state index contributed by atoms with van der Waals surface area (Å²) in [6.45, 7) is 7.18. The quantitative estimate of drug-likeness (QED) is 0.344. The lowest BCUT2D eigenvalue weighted by Gasteiger charge is -2.12. The van der Waals surface area contributed by atoms with E-state index in [-0.39, 0.29) is 5.91 Å². The molecule has 0 bridgehead atoms. The van der Waals surface area contributed by atoms with Gasteiger partial charge in [-0.15, -0.1) is 10.2 Å². The number of nitrogens with zero attached hydrogens (tertiary/aromatic N) is 4. The monoisotopic (exact) mass is 347 g/mol. The van der Waals surface area contributed by atoms with E-state index in [9.17, 15) is 4.79 Å². The third-order valence-corrected chi connectivity index (χ3v) is 3.41. The van der Waals surface area contributed by atoms with Crippen LogP contribution in [0.3, 0.4) is 0 Å². The molecule has 0 fully saturated rings. The minimum atomic E-state index is -0.238. The zero-order valence-electron chi connectivity index (χ0n) is 14.7. The van der Waals surface area contributed by atoms with Crippen LogP contribution in [0.4, 0.5) is 0 Å². The first-order valence-electron chi connectivity index (χ1n) is 8.45. The molecule has 0 spiro atoms. The Balaban J connectivity index is 1.73. The second-order valence-corrected chi connectivity index (χ2v) is 5.21. The number of nitrogens with one attached hydrogen (secondary N) is 3. The van der Waals surface area contributed by atoms with Crippen LogP contribution < -0.4 is 16.0 Å². The number of guanidine groups is 1. The minimum absolute atomic E-state index is 0.238. The first kappa shape index (κ1) is 18.5. The normalized spacial score (nSPS) is 11.4. The van der Waals surface area contributed by atoms with Crippen molar-refractivity contribution in [2.75, 3.05) is 26.2 Å². The molecule has 0 saturated carbocycles. The van der Waals surface area contributed by atoms with E-state index in [1.807, 2.05) is 11.5 Å². The fourth-order valence-corrected chi connectivity index (χ4v) is 2.21. The molecule has 0 radical (unpaired) electrons. The third kappa shape index (κ3) is 5.94. The van der Waals surface area contributed by atoms with Crippen LogP contribution in [-0.2, 0) is 13.0 Å². The summed E-state index contributed by atoms with van der Waals surface area (Å²) in [6, 6.07) is 3.31. The summed E-state index contributed by atoms with van der Waals surface area (Å²) in [5.74, 6) is 1.73. The molecule has 0 saturated heterocycles. The molecule has 0 aromatic carbocycles. The van der Waals surface area contributed by atoms with Gasteiger partial charge in [0.25, 0.3) is 5.91 Å². The van der Waals surface area contributed by atoms with Gasteiger partial charge in [0, 0.05) is 32.6 Å². The minimum Gasteiger partial charge on any atom is -0.459 e. The van der Waals surface area contributed by atoms with Gasteiger partial charge in [0.2, 0.25) is 0 Å². The molecule has 0 aliphatic heterocycles. The van der Waals surface area contributed by atoms with Crippen molar-refractivity contribution in [3.63, 3.8) is 0 Å². The number of hydrogen-bond donors (Lipinski definition) is 3. The average Bonchev–Trinajstić information content (AvgIpc) is 3.29. The molecule has 2 aromatic heterocycles. The van der Waals surface area contributed by atoms with Gasteiger partial charge < -0.3 is 24.9 Å². The summed E-state index contributed by atoms with van der Waals surface area (Å²) in [7, 11) is 0. The zero-order valence-corrected chi connectivity index (χ0v) is 14.7. The van der Waals surface area contributed by atoms with Crippen LogP contribution in [0.1, 0.15) is 30.2 Å². The van der Waals surface area contributed by atoms with Crippen LogP contribution in [0, 0.1) is 0 Å². The maximum Gasteiger partial charge on any atom is 0.287 e. The molecule has 0 aliphatic rings. The fraction of sp³-hybridized carbons (Fsp3) is 0.500. The number of aryl methyl sites for hydroxylation is 1. The van der Waals surface area contributed by atoms with Crippen molar-refractivity contribution in [2.45, 2.75) is 26.8 Å². The summed E-state index contributed by atoms with van der Waals surface area (Å²) in [5, 5.41) is 17.2. The van der Waals surface area contributed by atoms with E-state index in [0.29, 0.717) is 31.4 Å². The molecule has 0 unspecified atom stereocenters. The number of carbonyl (C=O) groups is 1. The Hall–Kier alpha value is -2.84. The van der Waals surface area contributed by atoms with Crippen LogP contribution in [-0.4, -0.2) is 52.8 Å². The van der Waals surface area contributed by atoms with Gasteiger partial charge in [-0.05, 0) is 19.1 Å². The number of aromatic nitrogens is 3. The molecule has 2 aromatic rings. The Labute approximate surface area is 146 Å². The van der Waals surface area contributed by atoms with Crippen LogP contribution >= 0.6 is 0 Å². The Kier molecular flexibility index (Phi) is 7.48. The van der Waals surface area contributed by atoms with Gasteiger partial charge in [-0.3, -0.25) is 9.79 Å². The lowest BCUT2D eigenvalue weighted by atomic mass is 10.4. The standard InChI is InChI=1S/C16H25N7O2/c1-3-14-22-21-12-23(14)10-9-20-16(17-4-2)19-8-7-18-15(24)13-6-5-11-25-13/h5-6,11-12H,3-4,7-10H2,1-2H3,(H,18,24)(H2,17,19,20). The number of rotatable bonds is 9. The van der Waals surface area contributed by atoms with E-state index in [1.165, 1.54) is 6.26 Å². The van der Waals surface area contributed by atoms with Gasteiger partial charge in [0.05, 0.1) is 12.8 Å². The van der Waals surface area contributed by atoms with E-state index >= 15 is 0 Å². The molecule has 1 amide bonds. The lowest BCUT2D eigenvalue weighted by molar-refractivity contribution is 0.0927. The van der Waals surface area contributed by atoms with Crippen LogP contribution in [0.15, 0.2) is 34.1 Å². The molecular formula is C16H25N7O2. The number of aliphatic imine (C=N–C) groups is 1. The predicted octanol–water partition coefficient (Wildman–Crippen LogP) is 0.419. The molecule has 0 aliphatic carbocycles. The van der Waals surface area contributed by atoms with Gasteiger partial charge in [-0.1, -0.05) is 6.92 Å². The highest BCUT2D eigenvalue weighted by molar-refractivity contribution is 5.91. The lowest BCUT2D eigenvalue weighted by Crippen LogP contribution is -2.39. The Morgan fingerprint density at radius 1 is 1.28 bits per heavy atom. The highest BCUT2D eigenvalue weighted by Crippen LogP contribution is 1.98. The molecule has 2 rings (SSSR count). The number of amides is 1. The van der Waals surface area contributed by atoms with Gasteiger partial charge in [0.1, 0.15) is 12.2 Å². The number of furan rings is 1. The molecule has 25 heavy (non-hydrogen) atoms. The number of carbonyl (C=O) groups excluding carboxylic acids is 1. The van der Waals surface area contributed by atoms with Crippen molar-refractivity contribution in [2.24, 2.45) is 4.99 Å². The second-order valence-electron chi connectivity index (χ2n) is 5.21. The second kappa shape index (κ2) is 10.1. The van der Waals surface area contributed by atoms with Crippen molar-refractivity contribution in [3.05, 3.63) is 36.3 Å². The van der Waals surface area contributed by atoms with E-state index in [2.05, 4.69) is 38.1 Å². The number of hydrogen-bond acceptors (Lipinski definition) is 5. The Bertz CT molecular complexity index is 664. The molecule has 136 valence electrons. The molecule has 3 N–H and O–H groups in total. The van der Waals surface area contributed by atoms with E-state index in [4.69, 9.17) is 4.42 Å². The first-order valence-corrected chi connectivity index (χ1v) is 8.45. The highest BCUT2D eigenvalue weighted by atomic mass is 16.3. The molecule has 9 nitrogen and oxygen atoms in total. The third-order valence-electron chi connectivity index (χ3n) is 3.41. The Morgan fingerprint density at radius 2 is 2.16 bits per heavy atom. The van der Waals surface area contributed by atoms with E-state index in [1.54, 1.807) is 18.5 Å². The maximum atomic E-state index is 11.7. The van der Waals surface area contributed by atoms with Crippen LogP contribution in [0.25, 0.3) is 0 Å². The van der Waals surface area contributed by atoms with Crippen molar-refractivity contribution >= 4 is 11.9 Å². The van der Waals surface area contributed by atoms with Crippen molar-refractivity contribution in [3.8, 4) is 0 Å². The highest BCUT2D eigenvalue weighted by Gasteiger charge is 2.06. The van der Waals surface area contributed by atoms with Gasteiger partial charge in [0.15, 0.2) is 11.7 Å². The summed E-state index contributed by atoms with van der Waals surface area (Å²) < 4.78 is 7.05. The van der Waals surface area contributed by atoms with Crippen molar-refractivity contribution in [1.29, 1.82) is 0 Å². The van der Waals surface area contributed by atoms with E-state index < -0.39 is 0 Å². The Morgan fingerprint density at radius 3 is 2.88 bits per heavy atom.